The Morgan fingerprint density at radius 3 is 2.28 bits per heavy atom. The van der Waals surface area contributed by atoms with E-state index in [1.165, 1.54) is 61.9 Å². The van der Waals surface area contributed by atoms with E-state index in [1.54, 1.807) is 18.2 Å². The number of halogens is 1. The van der Waals surface area contributed by atoms with Gasteiger partial charge in [0.2, 0.25) is 11.8 Å². The minimum atomic E-state index is -1.33. The van der Waals surface area contributed by atoms with Crippen molar-refractivity contribution in [2.24, 2.45) is 11.1 Å². The highest BCUT2D eigenvalue weighted by molar-refractivity contribution is 6.16. The average Bonchev–Trinajstić information content (AvgIpc) is 3.77. The standard InChI is InChI=1S/C27H23FN6O5/c1-30-23(35)19-11-18-20(12-22(19)38-2)31-10-7-21(18)39-26-32-13-17(14-33-26)34(16-5-3-15(28)4-6-16)25(37)27(8-9-27)24(29)36/h3-7,10-14H,8-9H2,1-2H3,(H2,29,36)(H,30,35). The third kappa shape index (κ3) is 4.67. The van der Waals surface area contributed by atoms with E-state index in [0.717, 1.165) is 0 Å². The zero-order chi connectivity index (χ0) is 27.7. The number of carbonyl (C=O) groups is 3. The summed E-state index contributed by atoms with van der Waals surface area (Å²) in [4.78, 5) is 51.9. The predicted molar refractivity (Wildman–Crippen MR) is 138 cm³/mol. The van der Waals surface area contributed by atoms with Gasteiger partial charge < -0.3 is 20.5 Å². The van der Waals surface area contributed by atoms with Crippen molar-refractivity contribution in [3.8, 4) is 17.5 Å². The maximum absolute atomic E-state index is 13.6. The number of fused-ring (bicyclic) bond motifs is 1. The van der Waals surface area contributed by atoms with Crippen LogP contribution in [0.15, 0.2) is 61.1 Å². The highest BCUT2D eigenvalue weighted by atomic mass is 19.1. The molecule has 0 bridgehead atoms. The second-order valence-corrected chi connectivity index (χ2v) is 8.85. The molecule has 2 aromatic carbocycles. The number of anilines is 2. The summed E-state index contributed by atoms with van der Waals surface area (Å²) in [6, 6.07) is 9.99. The molecule has 0 unspecified atom stereocenters. The number of benzene rings is 2. The van der Waals surface area contributed by atoms with Gasteiger partial charge in [0, 0.05) is 30.4 Å². The molecule has 1 aliphatic rings. The number of methoxy groups -OCH3 is 1. The summed E-state index contributed by atoms with van der Waals surface area (Å²) in [5, 5.41) is 3.09. The summed E-state index contributed by atoms with van der Waals surface area (Å²) in [7, 11) is 2.97. The summed E-state index contributed by atoms with van der Waals surface area (Å²) in [6.45, 7) is 0. The number of pyridine rings is 1. The molecular formula is C27H23FN6O5. The van der Waals surface area contributed by atoms with Crippen molar-refractivity contribution in [1.82, 2.24) is 20.3 Å². The van der Waals surface area contributed by atoms with Crippen LogP contribution in [0.3, 0.4) is 0 Å². The Hall–Kier alpha value is -5.13. The lowest BCUT2D eigenvalue weighted by Crippen LogP contribution is -2.41. The topological polar surface area (TPSA) is 150 Å². The molecule has 3 amide bonds. The normalized spacial score (nSPS) is 13.4. The van der Waals surface area contributed by atoms with Gasteiger partial charge in [0.05, 0.1) is 36.3 Å². The maximum atomic E-state index is 13.6. The van der Waals surface area contributed by atoms with Crippen LogP contribution in [0.5, 0.6) is 17.5 Å². The van der Waals surface area contributed by atoms with Crippen molar-refractivity contribution in [2.45, 2.75) is 12.8 Å². The van der Waals surface area contributed by atoms with Crippen LogP contribution in [0, 0.1) is 11.2 Å². The first-order valence-electron chi connectivity index (χ1n) is 11.9. The van der Waals surface area contributed by atoms with E-state index in [2.05, 4.69) is 20.3 Å². The molecular weight excluding hydrogens is 507 g/mol. The molecule has 0 atom stereocenters. The van der Waals surface area contributed by atoms with Crippen LogP contribution in [0.4, 0.5) is 15.8 Å². The Labute approximate surface area is 221 Å². The zero-order valence-electron chi connectivity index (χ0n) is 21.0. The van der Waals surface area contributed by atoms with Gasteiger partial charge in [-0.1, -0.05) is 0 Å². The van der Waals surface area contributed by atoms with E-state index in [4.69, 9.17) is 15.2 Å². The average molecular weight is 531 g/mol. The Morgan fingerprint density at radius 1 is 1.00 bits per heavy atom. The molecule has 2 heterocycles. The summed E-state index contributed by atoms with van der Waals surface area (Å²) in [5.74, 6) is -1.42. The lowest BCUT2D eigenvalue weighted by atomic mass is 10.0. The SMILES string of the molecule is CNC(=O)c1cc2c(Oc3ncc(N(C(=O)C4(C(N)=O)CC4)c4ccc(F)cc4)cn3)ccnc2cc1OC. The summed E-state index contributed by atoms with van der Waals surface area (Å²) in [6.07, 6.45) is 4.86. The molecule has 0 radical (unpaired) electrons. The summed E-state index contributed by atoms with van der Waals surface area (Å²) < 4.78 is 24.8. The van der Waals surface area contributed by atoms with Gasteiger partial charge in [-0.05, 0) is 49.2 Å². The molecule has 3 N–H and O–H groups in total. The molecule has 4 aromatic rings. The highest BCUT2D eigenvalue weighted by Gasteiger charge is 2.57. The predicted octanol–water partition coefficient (Wildman–Crippen LogP) is 3.25. The monoisotopic (exact) mass is 530 g/mol. The molecule has 5 rings (SSSR count). The van der Waals surface area contributed by atoms with Crippen molar-refractivity contribution >= 4 is 40.0 Å². The molecule has 198 valence electrons. The van der Waals surface area contributed by atoms with Gasteiger partial charge in [0.15, 0.2) is 0 Å². The largest absolute Gasteiger partial charge is 0.496 e. The van der Waals surface area contributed by atoms with Crippen molar-refractivity contribution in [3.63, 3.8) is 0 Å². The number of nitrogens with zero attached hydrogens (tertiary/aromatic N) is 4. The number of aromatic nitrogens is 3. The maximum Gasteiger partial charge on any atom is 0.322 e. The number of nitrogens with one attached hydrogen (secondary N) is 1. The van der Waals surface area contributed by atoms with Crippen molar-refractivity contribution in [3.05, 3.63) is 72.4 Å². The fourth-order valence-corrected chi connectivity index (χ4v) is 4.17. The van der Waals surface area contributed by atoms with Crippen molar-refractivity contribution in [1.29, 1.82) is 0 Å². The van der Waals surface area contributed by atoms with Gasteiger partial charge in [-0.3, -0.25) is 24.3 Å². The van der Waals surface area contributed by atoms with Gasteiger partial charge in [-0.15, -0.1) is 0 Å². The number of hydrogen-bond donors (Lipinski definition) is 2. The first-order valence-corrected chi connectivity index (χ1v) is 11.9. The lowest BCUT2D eigenvalue weighted by molar-refractivity contribution is -0.133. The fourth-order valence-electron chi connectivity index (χ4n) is 4.17. The van der Waals surface area contributed by atoms with Crippen LogP contribution in [0.25, 0.3) is 10.9 Å². The number of ether oxygens (including phenoxy) is 2. The number of primary amides is 1. The number of hydrogen-bond acceptors (Lipinski definition) is 8. The number of nitrogens with two attached hydrogens (primary N) is 1. The van der Waals surface area contributed by atoms with Crippen LogP contribution >= 0.6 is 0 Å². The second kappa shape index (κ2) is 9.97. The zero-order valence-corrected chi connectivity index (χ0v) is 21.0. The number of rotatable bonds is 8. The van der Waals surface area contributed by atoms with Gasteiger partial charge in [-0.25, -0.2) is 14.4 Å². The fraction of sp³-hybridized carbons (Fsp3) is 0.185. The second-order valence-electron chi connectivity index (χ2n) is 8.85. The van der Waals surface area contributed by atoms with Gasteiger partial charge in [-0.2, -0.15) is 0 Å². The van der Waals surface area contributed by atoms with E-state index in [0.29, 0.717) is 46.5 Å². The van der Waals surface area contributed by atoms with Gasteiger partial charge in [0.1, 0.15) is 22.7 Å². The van der Waals surface area contributed by atoms with Crippen molar-refractivity contribution in [2.75, 3.05) is 19.1 Å². The first-order chi connectivity index (χ1) is 18.8. The first kappa shape index (κ1) is 25.5. The highest BCUT2D eigenvalue weighted by Crippen LogP contribution is 2.49. The molecule has 11 nitrogen and oxygen atoms in total. The molecule has 1 saturated carbocycles. The summed E-state index contributed by atoms with van der Waals surface area (Å²) >= 11 is 0. The molecule has 1 fully saturated rings. The molecule has 1 aliphatic carbocycles. The van der Waals surface area contributed by atoms with E-state index in [-0.39, 0.29) is 17.6 Å². The Morgan fingerprint density at radius 2 is 1.69 bits per heavy atom. The number of amides is 3. The van der Waals surface area contributed by atoms with E-state index >= 15 is 0 Å². The Kier molecular flexibility index (Phi) is 6.52. The number of carbonyl (C=O) groups excluding carboxylic acids is 3. The minimum Gasteiger partial charge on any atom is -0.496 e. The molecule has 0 saturated heterocycles. The molecule has 2 aromatic heterocycles. The smallest absolute Gasteiger partial charge is 0.322 e. The quantitative estimate of drug-likeness (QED) is 0.330. The third-order valence-electron chi connectivity index (χ3n) is 6.49. The van der Waals surface area contributed by atoms with Crippen LogP contribution in [0.1, 0.15) is 23.2 Å². The molecule has 12 heteroatoms. The van der Waals surface area contributed by atoms with Crippen LogP contribution < -0.4 is 25.4 Å². The molecule has 39 heavy (non-hydrogen) atoms. The van der Waals surface area contributed by atoms with Crippen molar-refractivity contribution < 1.29 is 28.2 Å². The van der Waals surface area contributed by atoms with E-state index < -0.39 is 23.0 Å². The van der Waals surface area contributed by atoms with Crippen LogP contribution in [-0.2, 0) is 9.59 Å². The Balaban J connectivity index is 1.49. The van der Waals surface area contributed by atoms with Crippen LogP contribution in [-0.4, -0.2) is 46.8 Å². The lowest BCUT2D eigenvalue weighted by Gasteiger charge is -2.25. The van der Waals surface area contributed by atoms with E-state index in [9.17, 15) is 18.8 Å². The minimum absolute atomic E-state index is 0.0499. The van der Waals surface area contributed by atoms with E-state index in [1.807, 2.05) is 0 Å². The Bertz CT molecular complexity index is 1590. The van der Waals surface area contributed by atoms with Crippen LogP contribution in [0.2, 0.25) is 0 Å². The van der Waals surface area contributed by atoms with Gasteiger partial charge in [0.25, 0.3) is 5.91 Å². The summed E-state index contributed by atoms with van der Waals surface area (Å²) in [5.41, 5.74) is 5.56. The molecule has 0 spiro atoms. The molecule has 0 aliphatic heterocycles. The third-order valence-corrected chi connectivity index (χ3v) is 6.49. The van der Waals surface area contributed by atoms with Gasteiger partial charge >= 0.3 is 6.01 Å².